The maximum absolute atomic E-state index is 10.1. The third-order valence-corrected chi connectivity index (χ3v) is 8.33. The molecule has 0 saturated heterocycles. The van der Waals surface area contributed by atoms with Gasteiger partial charge in [0.15, 0.2) is 0 Å². The minimum absolute atomic E-state index is 0.00528. The second-order valence-electron chi connectivity index (χ2n) is 14.0. The molecule has 0 heterocycles. The Hall–Kier alpha value is -2.92. The molecule has 0 aromatic heterocycles. The molecule has 46 heavy (non-hydrogen) atoms. The fraction of sp³-hybridized carbons (Fsp3) is 0.450. The van der Waals surface area contributed by atoms with E-state index in [4.69, 9.17) is 14.4 Å². The van der Waals surface area contributed by atoms with Crippen molar-refractivity contribution in [3.05, 3.63) is 130 Å². The third kappa shape index (κ3) is 16.1. The van der Waals surface area contributed by atoms with Gasteiger partial charge in [0.05, 0.1) is 12.2 Å². The van der Waals surface area contributed by atoms with Crippen molar-refractivity contribution in [3.8, 4) is 0 Å². The van der Waals surface area contributed by atoms with Crippen molar-refractivity contribution < 1.29 is 24.6 Å². The summed E-state index contributed by atoms with van der Waals surface area (Å²) in [4.78, 5) is 14.2. The number of allylic oxidation sites excluding steroid dienone is 20. The van der Waals surface area contributed by atoms with Crippen LogP contribution in [0.4, 0.5) is 0 Å². The first-order chi connectivity index (χ1) is 21.3. The molecule has 0 amide bonds. The van der Waals surface area contributed by atoms with Crippen LogP contribution in [0.2, 0.25) is 0 Å². The largest absolute Gasteiger partial charge is 0.692 e. The lowest BCUT2D eigenvalue weighted by Crippen LogP contribution is -2.32. The minimum atomic E-state index is -2.87. The third-order valence-electron chi connectivity index (χ3n) is 8.33. The lowest BCUT2D eigenvalue weighted by Gasteiger charge is -2.38. The first-order valence-corrected chi connectivity index (χ1v) is 17.2. The first-order valence-electron chi connectivity index (χ1n) is 16.0. The fourth-order valence-corrected chi connectivity index (χ4v) is 6.14. The molecule has 0 aromatic rings. The Morgan fingerprint density at radius 2 is 1.22 bits per heavy atom. The van der Waals surface area contributed by atoms with E-state index in [0.717, 1.165) is 19.3 Å². The fourth-order valence-electron chi connectivity index (χ4n) is 6.14. The van der Waals surface area contributed by atoms with Crippen LogP contribution in [0.25, 0.3) is 0 Å². The van der Waals surface area contributed by atoms with E-state index in [1.165, 1.54) is 39.0 Å². The molecule has 5 nitrogen and oxygen atoms in total. The topological polar surface area (TPSA) is 98.0 Å². The van der Waals surface area contributed by atoms with Crippen molar-refractivity contribution in [1.29, 1.82) is 0 Å². The predicted octanol–water partition coefficient (Wildman–Crippen LogP) is 10.0. The molecule has 0 radical (unpaired) electrons. The van der Waals surface area contributed by atoms with Crippen molar-refractivity contribution in [2.45, 2.75) is 101 Å². The highest BCUT2D eigenvalue weighted by atomic mass is 31.1. The maximum atomic E-state index is 10.1. The average molecular weight is 650 g/mol. The van der Waals surface area contributed by atoms with Gasteiger partial charge in [-0.25, -0.2) is 0 Å². The molecular weight excluding hydrogens is 591 g/mol. The highest BCUT2D eigenvalue weighted by molar-refractivity contribution is 7.30. The van der Waals surface area contributed by atoms with Crippen LogP contribution in [0.1, 0.15) is 88.5 Å². The van der Waals surface area contributed by atoms with E-state index in [9.17, 15) is 10.2 Å². The summed E-state index contributed by atoms with van der Waals surface area (Å²) in [6, 6.07) is 0. The normalized spacial score (nSPS) is 24.8. The minimum Gasteiger partial charge on any atom is -0.393 e. The van der Waals surface area contributed by atoms with Crippen LogP contribution in [-0.2, 0) is 4.57 Å². The Bertz CT molecular complexity index is 1380. The zero-order valence-electron chi connectivity index (χ0n) is 29.7. The summed E-state index contributed by atoms with van der Waals surface area (Å²) in [7, 11) is -2.87. The summed E-state index contributed by atoms with van der Waals surface area (Å²) < 4.78 is 8.70. The van der Waals surface area contributed by atoms with Gasteiger partial charge in [-0.15, -0.1) is 9.79 Å². The smallest absolute Gasteiger partial charge is 0.393 e. The lowest BCUT2D eigenvalue weighted by atomic mass is 9.67. The van der Waals surface area contributed by atoms with Crippen LogP contribution in [0.3, 0.4) is 0 Å². The predicted molar refractivity (Wildman–Crippen MR) is 196 cm³/mol. The molecule has 3 atom stereocenters. The lowest BCUT2D eigenvalue weighted by molar-refractivity contribution is 0.116. The molecular formula is C40H58O5P+. The van der Waals surface area contributed by atoms with E-state index < -0.39 is 8.25 Å². The summed E-state index contributed by atoms with van der Waals surface area (Å²) in [5, 5.41) is 20.2. The van der Waals surface area contributed by atoms with Crippen molar-refractivity contribution in [2.24, 2.45) is 16.7 Å². The summed E-state index contributed by atoms with van der Waals surface area (Å²) in [5.74, 6) is 0.348. The van der Waals surface area contributed by atoms with Gasteiger partial charge in [-0.05, 0) is 77.2 Å². The van der Waals surface area contributed by atoms with Crippen LogP contribution in [0.5, 0.6) is 0 Å². The van der Waals surface area contributed by atoms with E-state index in [1.807, 2.05) is 6.08 Å². The maximum Gasteiger partial charge on any atom is 0.692 e. The Labute approximate surface area is 279 Å². The van der Waals surface area contributed by atoms with E-state index >= 15 is 0 Å². The molecule has 4 N–H and O–H groups in total. The molecule has 2 rings (SSSR count). The summed E-state index contributed by atoms with van der Waals surface area (Å²) >= 11 is 0. The molecule has 0 aliphatic heterocycles. The highest BCUT2D eigenvalue weighted by Crippen LogP contribution is 2.42. The van der Waals surface area contributed by atoms with Gasteiger partial charge in [0.25, 0.3) is 0 Å². The van der Waals surface area contributed by atoms with E-state index in [0.29, 0.717) is 5.92 Å². The second kappa shape index (κ2) is 19.7. The van der Waals surface area contributed by atoms with E-state index in [1.54, 1.807) is 0 Å². The van der Waals surface area contributed by atoms with Crippen molar-refractivity contribution >= 4 is 8.25 Å². The molecule has 2 aliphatic rings. The van der Waals surface area contributed by atoms with Gasteiger partial charge >= 0.3 is 8.25 Å². The molecule has 0 saturated carbocycles. The zero-order valence-corrected chi connectivity index (χ0v) is 30.6. The summed E-state index contributed by atoms with van der Waals surface area (Å²) in [5.41, 5.74) is 8.73. The van der Waals surface area contributed by atoms with Crippen molar-refractivity contribution in [2.75, 3.05) is 0 Å². The van der Waals surface area contributed by atoms with Gasteiger partial charge in [0.1, 0.15) is 0 Å². The standard InChI is InChI=1S/C40H56O2.HO3P/c1-29(17-13-19-31(3)21-23-37-33(5)25-35(41)27-39(37,7)8)15-11-12-16-30(2)18-14-20-32(4)22-24-38-34(6)26-36(42)28-40(38,9)10;1-4(2)3/h11-25,35-37,41-42H,26-28H2,1-10H3;(H-,1,2,3)/p+1/b12-11+,17-13+,18-14+,23-21+,24-22+,29-15+,30-16+,31-19+,32-20+;/t35-,36+,37-;/m0./s1. The summed E-state index contributed by atoms with van der Waals surface area (Å²) in [6.45, 7) is 21.6. The number of hydrogen-bond donors (Lipinski definition) is 4. The summed E-state index contributed by atoms with van der Waals surface area (Å²) in [6.07, 6.45) is 33.8. The zero-order chi connectivity index (χ0) is 35.1. The van der Waals surface area contributed by atoms with Crippen LogP contribution in [-0.4, -0.2) is 32.2 Å². The van der Waals surface area contributed by atoms with Crippen LogP contribution < -0.4 is 0 Å². The van der Waals surface area contributed by atoms with Crippen LogP contribution >= 0.6 is 8.25 Å². The van der Waals surface area contributed by atoms with Gasteiger partial charge < -0.3 is 10.2 Å². The number of aliphatic hydroxyl groups is 2. The molecule has 0 fully saturated rings. The highest BCUT2D eigenvalue weighted by Gasteiger charge is 2.34. The van der Waals surface area contributed by atoms with Crippen molar-refractivity contribution in [3.63, 3.8) is 0 Å². The number of aliphatic hydroxyl groups excluding tert-OH is 2. The van der Waals surface area contributed by atoms with Gasteiger partial charge in [-0.1, -0.05) is 152 Å². The van der Waals surface area contributed by atoms with E-state index in [-0.39, 0.29) is 23.0 Å². The second-order valence-corrected chi connectivity index (χ2v) is 14.5. The Kier molecular flexibility index (Phi) is 17.6. The van der Waals surface area contributed by atoms with Crippen LogP contribution in [0, 0.1) is 16.7 Å². The van der Waals surface area contributed by atoms with Gasteiger partial charge in [-0.3, -0.25) is 0 Å². The molecule has 0 aromatic carbocycles. The van der Waals surface area contributed by atoms with Gasteiger partial charge in [-0.2, -0.15) is 0 Å². The Morgan fingerprint density at radius 1 is 0.761 bits per heavy atom. The molecule has 2 aliphatic carbocycles. The number of rotatable bonds is 10. The van der Waals surface area contributed by atoms with Gasteiger partial charge in [0.2, 0.25) is 0 Å². The average Bonchev–Trinajstić information content (AvgIpc) is 2.88. The Balaban J connectivity index is 0.00000249. The van der Waals surface area contributed by atoms with Crippen molar-refractivity contribution in [1.82, 2.24) is 0 Å². The molecule has 252 valence electrons. The monoisotopic (exact) mass is 649 g/mol. The van der Waals surface area contributed by atoms with Crippen LogP contribution in [0.15, 0.2) is 130 Å². The van der Waals surface area contributed by atoms with Gasteiger partial charge in [0, 0.05) is 10.5 Å². The number of hydrogen-bond acceptors (Lipinski definition) is 3. The molecule has 0 unspecified atom stereocenters. The Morgan fingerprint density at radius 3 is 1.70 bits per heavy atom. The van der Waals surface area contributed by atoms with E-state index in [2.05, 4.69) is 154 Å². The molecule has 6 heteroatoms. The SMILES string of the molecule is CC1=C[C@H](O)CC(C)(C)[C@H]1/C=C/C(C)=C/C=C/C(C)=C/C=C/C=C(C)/C=C/C=C(C)/C=C/C1=C(C)C[C@@H](O)CC1(C)C.O=[P+](O)O. The molecule has 0 spiro atoms. The quantitative estimate of drug-likeness (QED) is 0.107. The molecule has 0 bridgehead atoms. The first kappa shape index (κ1) is 41.1.